The molecule has 1 saturated heterocycles. The SMILES string of the molecule is O=C(O)C1CCCN(S(=O)(=O)c2c([N+](=O)[O-])cc(C(F)(F)F)cc2[N+](=O)[O-])C1. The first-order valence-electron chi connectivity index (χ1n) is 7.53. The average Bonchev–Trinajstić information content (AvgIpc) is 2.59. The minimum absolute atomic E-state index is 0.0540. The minimum Gasteiger partial charge on any atom is -0.481 e. The van der Waals surface area contributed by atoms with Gasteiger partial charge in [-0.2, -0.15) is 17.5 Å². The highest BCUT2D eigenvalue weighted by Crippen LogP contribution is 2.41. The Hall–Kier alpha value is -2.81. The molecule has 1 aromatic carbocycles. The van der Waals surface area contributed by atoms with Gasteiger partial charge in [0.15, 0.2) is 0 Å². The van der Waals surface area contributed by atoms with Gasteiger partial charge in [-0.05, 0) is 12.8 Å². The Morgan fingerprint density at radius 1 is 1.18 bits per heavy atom. The van der Waals surface area contributed by atoms with E-state index in [1.165, 1.54) is 0 Å². The summed E-state index contributed by atoms with van der Waals surface area (Å²) in [5, 5.41) is 31.5. The van der Waals surface area contributed by atoms with E-state index in [1.807, 2.05) is 0 Å². The summed E-state index contributed by atoms with van der Waals surface area (Å²) in [4.78, 5) is 29.1. The second kappa shape index (κ2) is 7.31. The van der Waals surface area contributed by atoms with Crippen LogP contribution >= 0.6 is 0 Å². The van der Waals surface area contributed by atoms with Crippen molar-refractivity contribution in [2.75, 3.05) is 13.1 Å². The molecule has 1 atom stereocenters. The summed E-state index contributed by atoms with van der Waals surface area (Å²) in [7, 11) is -5.02. The lowest BCUT2D eigenvalue weighted by Crippen LogP contribution is -2.42. The smallest absolute Gasteiger partial charge is 0.416 e. The Kier molecular flexibility index (Phi) is 5.61. The zero-order valence-corrected chi connectivity index (χ0v) is 14.6. The van der Waals surface area contributed by atoms with Crippen molar-refractivity contribution < 1.29 is 41.3 Å². The van der Waals surface area contributed by atoms with E-state index in [9.17, 15) is 46.6 Å². The van der Waals surface area contributed by atoms with Gasteiger partial charge < -0.3 is 5.11 Å². The fourth-order valence-corrected chi connectivity index (χ4v) is 4.59. The van der Waals surface area contributed by atoms with Gasteiger partial charge in [0.1, 0.15) is 0 Å². The first-order chi connectivity index (χ1) is 12.8. The van der Waals surface area contributed by atoms with Crippen LogP contribution in [0.5, 0.6) is 0 Å². The van der Waals surface area contributed by atoms with Gasteiger partial charge in [-0.15, -0.1) is 0 Å². The first kappa shape index (κ1) is 21.5. The molecule has 154 valence electrons. The van der Waals surface area contributed by atoms with Crippen LogP contribution in [0.1, 0.15) is 18.4 Å². The van der Waals surface area contributed by atoms with Gasteiger partial charge >= 0.3 is 12.1 Å². The third-order valence-corrected chi connectivity index (χ3v) is 6.05. The van der Waals surface area contributed by atoms with Gasteiger partial charge in [0, 0.05) is 25.2 Å². The van der Waals surface area contributed by atoms with Crippen molar-refractivity contribution in [3.63, 3.8) is 0 Å². The molecule has 0 spiro atoms. The fraction of sp³-hybridized carbons (Fsp3) is 0.462. The van der Waals surface area contributed by atoms with E-state index in [1.54, 1.807) is 0 Å². The van der Waals surface area contributed by atoms with Crippen molar-refractivity contribution in [2.45, 2.75) is 23.9 Å². The zero-order chi connectivity index (χ0) is 21.4. The minimum atomic E-state index is -5.20. The van der Waals surface area contributed by atoms with E-state index in [-0.39, 0.29) is 31.5 Å². The predicted octanol–water partition coefficient (Wildman–Crippen LogP) is 2.01. The molecular formula is C13H12F3N3O8S. The Morgan fingerprint density at radius 2 is 1.68 bits per heavy atom. The lowest BCUT2D eigenvalue weighted by molar-refractivity contribution is -0.400. The molecule has 1 aliphatic rings. The molecule has 28 heavy (non-hydrogen) atoms. The molecule has 1 fully saturated rings. The van der Waals surface area contributed by atoms with Crippen molar-refractivity contribution in [1.29, 1.82) is 0 Å². The molecule has 2 rings (SSSR count). The number of nitrogens with zero attached hydrogens (tertiary/aromatic N) is 3. The van der Waals surface area contributed by atoms with Crippen LogP contribution in [-0.4, -0.2) is 46.7 Å². The Balaban J connectivity index is 2.73. The van der Waals surface area contributed by atoms with Gasteiger partial charge in [-0.3, -0.25) is 25.0 Å². The number of halogens is 3. The number of carboxylic acids is 1. The number of piperidine rings is 1. The number of nitro benzene ring substituents is 2. The molecule has 0 aromatic heterocycles. The summed E-state index contributed by atoms with van der Waals surface area (Å²) >= 11 is 0. The van der Waals surface area contributed by atoms with Crippen molar-refractivity contribution in [1.82, 2.24) is 4.31 Å². The highest BCUT2D eigenvalue weighted by molar-refractivity contribution is 7.89. The van der Waals surface area contributed by atoms with E-state index in [2.05, 4.69) is 0 Å². The largest absolute Gasteiger partial charge is 0.481 e. The summed E-state index contributed by atoms with van der Waals surface area (Å²) in [6.07, 6.45) is -5.03. The van der Waals surface area contributed by atoms with Gasteiger partial charge in [0.2, 0.25) is 4.90 Å². The normalized spacial score (nSPS) is 18.6. The molecule has 0 amide bonds. The van der Waals surface area contributed by atoms with Crippen LogP contribution in [0.4, 0.5) is 24.5 Å². The van der Waals surface area contributed by atoms with E-state index >= 15 is 0 Å². The number of alkyl halides is 3. The molecule has 11 nitrogen and oxygen atoms in total. The number of carbonyl (C=O) groups is 1. The molecule has 15 heteroatoms. The topological polar surface area (TPSA) is 161 Å². The number of benzene rings is 1. The molecule has 0 bridgehead atoms. The number of rotatable bonds is 5. The van der Waals surface area contributed by atoms with Crippen LogP contribution in [0.2, 0.25) is 0 Å². The summed E-state index contributed by atoms with van der Waals surface area (Å²) in [5.74, 6) is -2.49. The maximum Gasteiger partial charge on any atom is 0.416 e. The fourth-order valence-electron chi connectivity index (χ4n) is 2.79. The molecule has 0 saturated carbocycles. The number of nitro groups is 2. The van der Waals surface area contributed by atoms with E-state index in [0.29, 0.717) is 4.31 Å². The predicted molar refractivity (Wildman–Crippen MR) is 83.9 cm³/mol. The van der Waals surface area contributed by atoms with Crippen molar-refractivity contribution in [2.24, 2.45) is 5.92 Å². The van der Waals surface area contributed by atoms with Crippen molar-refractivity contribution in [3.8, 4) is 0 Å². The molecule has 1 N–H and O–H groups in total. The summed E-state index contributed by atoms with van der Waals surface area (Å²) in [5.41, 5.74) is -4.98. The highest BCUT2D eigenvalue weighted by atomic mass is 32.2. The van der Waals surface area contributed by atoms with Gasteiger partial charge in [-0.25, -0.2) is 8.42 Å². The van der Waals surface area contributed by atoms with Crippen LogP contribution in [-0.2, 0) is 21.0 Å². The average molecular weight is 427 g/mol. The maximum atomic E-state index is 12.9. The molecule has 1 aliphatic heterocycles. The number of hydrogen-bond acceptors (Lipinski definition) is 7. The molecule has 1 unspecified atom stereocenters. The van der Waals surface area contributed by atoms with Crippen LogP contribution < -0.4 is 0 Å². The van der Waals surface area contributed by atoms with Crippen molar-refractivity contribution in [3.05, 3.63) is 37.9 Å². The summed E-state index contributed by atoms with van der Waals surface area (Å²) in [6, 6.07) is -0.197. The highest BCUT2D eigenvalue weighted by Gasteiger charge is 2.45. The van der Waals surface area contributed by atoms with Gasteiger partial charge in [0.25, 0.3) is 21.4 Å². The maximum absolute atomic E-state index is 12.9. The van der Waals surface area contributed by atoms with Gasteiger partial charge in [-0.1, -0.05) is 0 Å². The molecule has 1 aromatic rings. The lowest BCUT2D eigenvalue weighted by atomic mass is 10.0. The summed E-state index contributed by atoms with van der Waals surface area (Å²) in [6.45, 7) is -0.908. The van der Waals surface area contributed by atoms with E-state index < -0.39 is 66.3 Å². The van der Waals surface area contributed by atoms with Crippen LogP contribution in [0.25, 0.3) is 0 Å². The molecule has 0 radical (unpaired) electrons. The summed E-state index contributed by atoms with van der Waals surface area (Å²) < 4.78 is 64.9. The monoisotopic (exact) mass is 427 g/mol. The van der Waals surface area contributed by atoms with Crippen molar-refractivity contribution >= 4 is 27.4 Å². The first-order valence-corrected chi connectivity index (χ1v) is 8.97. The number of aliphatic carboxylic acids is 1. The Labute approximate surface area is 154 Å². The number of sulfonamides is 1. The van der Waals surface area contributed by atoms with E-state index in [4.69, 9.17) is 5.11 Å². The quantitative estimate of drug-likeness (QED) is 0.551. The van der Waals surface area contributed by atoms with E-state index in [0.717, 1.165) is 0 Å². The molecular weight excluding hydrogens is 415 g/mol. The standard InChI is InChI=1S/C13H12F3N3O8S/c14-13(15,16)8-4-9(18(22)23)11(10(5-8)19(24)25)28(26,27)17-3-1-2-7(6-17)12(20)21/h4-5,7H,1-3,6H2,(H,20,21). The lowest BCUT2D eigenvalue weighted by Gasteiger charge is -2.29. The van der Waals surface area contributed by atoms with Crippen LogP contribution in [0.3, 0.4) is 0 Å². The second-order valence-electron chi connectivity index (χ2n) is 5.90. The number of hydrogen-bond donors (Lipinski definition) is 1. The zero-order valence-electron chi connectivity index (χ0n) is 13.7. The Morgan fingerprint density at radius 3 is 2.07 bits per heavy atom. The number of carboxylic acid groups (broad SMARTS) is 1. The van der Waals surface area contributed by atoms with Crippen LogP contribution in [0, 0.1) is 26.1 Å². The second-order valence-corrected chi connectivity index (χ2v) is 7.77. The Bertz CT molecular complexity index is 912. The van der Waals surface area contributed by atoms with Crippen LogP contribution in [0.15, 0.2) is 17.0 Å². The molecule has 0 aliphatic carbocycles. The third kappa shape index (κ3) is 4.04. The molecule has 1 heterocycles. The third-order valence-electron chi connectivity index (χ3n) is 4.10. The van der Waals surface area contributed by atoms with Gasteiger partial charge in [0.05, 0.1) is 21.3 Å².